The Bertz CT molecular complexity index is 491. The maximum atomic E-state index is 12.0. The summed E-state index contributed by atoms with van der Waals surface area (Å²) in [6, 6.07) is 2.51. The summed E-state index contributed by atoms with van der Waals surface area (Å²) < 4.78 is 6.58. The zero-order valence-electron chi connectivity index (χ0n) is 13.0. The van der Waals surface area contributed by atoms with Gasteiger partial charge in [-0.05, 0) is 56.1 Å². The number of hydrogen-bond donors (Lipinski definition) is 1. The van der Waals surface area contributed by atoms with Crippen LogP contribution in [0.25, 0.3) is 0 Å². The second-order valence-electron chi connectivity index (χ2n) is 6.41. The summed E-state index contributed by atoms with van der Waals surface area (Å²) in [5.41, 5.74) is -0.427. The van der Waals surface area contributed by atoms with Crippen molar-refractivity contribution in [3.63, 3.8) is 0 Å². The standard InChI is InChI=1S/C15H23BrN2O2S/c1-10-13(16)7-12(21-10)8-17-11-5-6-18(9-11)14(19)20-15(2,3)4/h7,11,17H,5-6,8-9H2,1-4H3. The van der Waals surface area contributed by atoms with Crippen LogP contribution in [0.4, 0.5) is 4.79 Å². The number of nitrogens with zero attached hydrogens (tertiary/aromatic N) is 1. The smallest absolute Gasteiger partial charge is 0.410 e. The summed E-state index contributed by atoms with van der Waals surface area (Å²) in [5, 5.41) is 3.53. The van der Waals surface area contributed by atoms with E-state index in [1.165, 1.54) is 14.2 Å². The first-order valence-electron chi connectivity index (χ1n) is 7.21. The maximum absolute atomic E-state index is 12.0. The number of thiophene rings is 1. The minimum atomic E-state index is -0.427. The Labute approximate surface area is 139 Å². The summed E-state index contributed by atoms with van der Waals surface area (Å²) in [6.07, 6.45) is 0.770. The van der Waals surface area contributed by atoms with E-state index in [-0.39, 0.29) is 6.09 Å². The van der Waals surface area contributed by atoms with E-state index in [1.807, 2.05) is 20.8 Å². The third-order valence-corrected chi connectivity index (χ3v) is 5.45. The van der Waals surface area contributed by atoms with Crippen molar-refractivity contribution in [1.82, 2.24) is 10.2 Å². The zero-order valence-corrected chi connectivity index (χ0v) is 15.4. The van der Waals surface area contributed by atoms with Gasteiger partial charge in [0.25, 0.3) is 0 Å². The van der Waals surface area contributed by atoms with Gasteiger partial charge in [0.2, 0.25) is 0 Å². The molecular weight excluding hydrogens is 352 g/mol. The van der Waals surface area contributed by atoms with Gasteiger partial charge in [-0.15, -0.1) is 11.3 Å². The fourth-order valence-electron chi connectivity index (χ4n) is 2.27. The number of carbonyl (C=O) groups is 1. The average Bonchev–Trinajstić information content (AvgIpc) is 2.93. The number of halogens is 1. The number of amides is 1. The first kappa shape index (κ1) is 16.8. The van der Waals surface area contributed by atoms with Crippen LogP contribution in [0, 0.1) is 6.92 Å². The minimum absolute atomic E-state index is 0.207. The lowest BCUT2D eigenvalue weighted by atomic mass is 10.2. The summed E-state index contributed by atoms with van der Waals surface area (Å²) in [4.78, 5) is 16.4. The van der Waals surface area contributed by atoms with Crippen LogP contribution < -0.4 is 5.32 Å². The molecular formula is C15H23BrN2O2S. The molecule has 2 rings (SSSR count). The van der Waals surface area contributed by atoms with Crippen molar-refractivity contribution in [2.24, 2.45) is 0 Å². The second kappa shape index (κ2) is 6.67. The molecule has 0 spiro atoms. The highest BCUT2D eigenvalue weighted by Crippen LogP contribution is 2.26. The Morgan fingerprint density at radius 1 is 1.57 bits per heavy atom. The molecule has 1 aromatic rings. The number of nitrogens with one attached hydrogen (secondary N) is 1. The van der Waals surface area contributed by atoms with Gasteiger partial charge in [0.05, 0.1) is 0 Å². The predicted molar refractivity (Wildman–Crippen MR) is 89.8 cm³/mol. The number of rotatable bonds is 3. The largest absolute Gasteiger partial charge is 0.444 e. The highest BCUT2D eigenvalue weighted by atomic mass is 79.9. The van der Waals surface area contributed by atoms with Crippen molar-refractivity contribution in [2.45, 2.75) is 52.3 Å². The molecule has 0 bridgehead atoms. The number of likely N-dealkylation sites (tertiary alicyclic amines) is 1. The van der Waals surface area contributed by atoms with Crippen molar-refractivity contribution in [2.75, 3.05) is 13.1 Å². The molecule has 6 heteroatoms. The lowest BCUT2D eigenvalue weighted by molar-refractivity contribution is 0.0291. The van der Waals surface area contributed by atoms with Gasteiger partial charge >= 0.3 is 6.09 Å². The first-order chi connectivity index (χ1) is 9.74. The molecule has 4 nitrogen and oxygen atoms in total. The lowest BCUT2D eigenvalue weighted by Crippen LogP contribution is -2.38. The molecule has 1 atom stereocenters. The van der Waals surface area contributed by atoms with Crippen molar-refractivity contribution in [3.05, 3.63) is 20.3 Å². The van der Waals surface area contributed by atoms with Crippen molar-refractivity contribution in [3.8, 4) is 0 Å². The molecule has 1 N–H and O–H groups in total. The second-order valence-corrected chi connectivity index (χ2v) is 8.60. The van der Waals surface area contributed by atoms with Crippen LogP contribution in [-0.2, 0) is 11.3 Å². The topological polar surface area (TPSA) is 41.6 Å². The zero-order chi connectivity index (χ0) is 15.6. The SMILES string of the molecule is Cc1sc(CNC2CCN(C(=O)OC(C)(C)C)C2)cc1Br. The Morgan fingerprint density at radius 3 is 2.86 bits per heavy atom. The predicted octanol–water partition coefficient (Wildman–Crippen LogP) is 3.92. The number of carbonyl (C=O) groups excluding carboxylic acids is 1. The van der Waals surface area contributed by atoms with E-state index in [1.54, 1.807) is 16.2 Å². The molecule has 1 unspecified atom stereocenters. The fourth-order valence-corrected chi connectivity index (χ4v) is 3.82. The summed E-state index contributed by atoms with van der Waals surface area (Å²) in [7, 11) is 0. The van der Waals surface area contributed by atoms with E-state index in [9.17, 15) is 4.79 Å². The van der Waals surface area contributed by atoms with E-state index in [4.69, 9.17) is 4.74 Å². The number of hydrogen-bond acceptors (Lipinski definition) is 4. The molecule has 0 radical (unpaired) electrons. The van der Waals surface area contributed by atoms with E-state index in [2.05, 4.69) is 34.2 Å². The van der Waals surface area contributed by atoms with Crippen LogP contribution in [-0.4, -0.2) is 35.7 Å². The molecule has 1 fully saturated rings. The normalized spacial score (nSPS) is 19.1. The van der Waals surface area contributed by atoms with Gasteiger partial charge in [-0.1, -0.05) is 0 Å². The van der Waals surface area contributed by atoms with E-state index in [0.717, 1.165) is 26.1 Å². The molecule has 0 aromatic carbocycles. The van der Waals surface area contributed by atoms with E-state index in [0.29, 0.717) is 6.04 Å². The Balaban J connectivity index is 1.79. The van der Waals surface area contributed by atoms with Crippen LogP contribution in [0.15, 0.2) is 10.5 Å². The van der Waals surface area contributed by atoms with Crippen LogP contribution in [0.1, 0.15) is 36.9 Å². The molecule has 0 aliphatic carbocycles. The highest BCUT2D eigenvalue weighted by Gasteiger charge is 2.29. The number of aryl methyl sites for hydroxylation is 1. The molecule has 2 heterocycles. The van der Waals surface area contributed by atoms with E-state index < -0.39 is 5.60 Å². The Kier molecular flexibility index (Phi) is 5.33. The lowest BCUT2D eigenvalue weighted by Gasteiger charge is -2.24. The van der Waals surface area contributed by atoms with Gasteiger partial charge in [-0.3, -0.25) is 0 Å². The summed E-state index contributed by atoms with van der Waals surface area (Å²) in [5.74, 6) is 0. The summed E-state index contributed by atoms with van der Waals surface area (Å²) >= 11 is 5.34. The molecule has 1 saturated heterocycles. The van der Waals surface area contributed by atoms with Gasteiger partial charge < -0.3 is 15.0 Å². The molecule has 118 valence electrons. The van der Waals surface area contributed by atoms with Crippen LogP contribution in [0.3, 0.4) is 0 Å². The van der Waals surface area contributed by atoms with Gasteiger partial charge in [0.1, 0.15) is 5.60 Å². The average molecular weight is 375 g/mol. The van der Waals surface area contributed by atoms with Crippen LogP contribution in [0.2, 0.25) is 0 Å². The van der Waals surface area contributed by atoms with E-state index >= 15 is 0 Å². The molecule has 1 aliphatic heterocycles. The molecule has 21 heavy (non-hydrogen) atoms. The third-order valence-electron chi connectivity index (χ3n) is 3.31. The Morgan fingerprint density at radius 2 is 2.29 bits per heavy atom. The highest BCUT2D eigenvalue weighted by molar-refractivity contribution is 9.10. The monoisotopic (exact) mass is 374 g/mol. The molecule has 1 aromatic heterocycles. The van der Waals surface area contributed by atoms with Crippen molar-refractivity contribution < 1.29 is 9.53 Å². The Hall–Kier alpha value is -0.590. The van der Waals surface area contributed by atoms with Crippen molar-refractivity contribution in [1.29, 1.82) is 0 Å². The van der Waals surface area contributed by atoms with Gasteiger partial charge in [-0.2, -0.15) is 0 Å². The third kappa shape index (κ3) is 4.97. The number of ether oxygens (including phenoxy) is 1. The van der Waals surface area contributed by atoms with Gasteiger partial charge in [0.15, 0.2) is 0 Å². The fraction of sp³-hybridized carbons (Fsp3) is 0.667. The maximum Gasteiger partial charge on any atom is 0.410 e. The first-order valence-corrected chi connectivity index (χ1v) is 8.81. The molecule has 1 amide bonds. The van der Waals surface area contributed by atoms with Crippen molar-refractivity contribution >= 4 is 33.4 Å². The quantitative estimate of drug-likeness (QED) is 0.871. The minimum Gasteiger partial charge on any atom is -0.444 e. The molecule has 0 saturated carbocycles. The van der Waals surface area contributed by atoms with Gasteiger partial charge in [-0.25, -0.2) is 4.79 Å². The van der Waals surface area contributed by atoms with Crippen LogP contribution in [0.5, 0.6) is 0 Å². The molecule has 1 aliphatic rings. The summed E-state index contributed by atoms with van der Waals surface area (Å²) in [6.45, 7) is 10.1. The van der Waals surface area contributed by atoms with Gasteiger partial charge in [0, 0.05) is 39.9 Å². The van der Waals surface area contributed by atoms with Crippen LogP contribution >= 0.6 is 27.3 Å².